The minimum atomic E-state index is -1.45. The van der Waals surface area contributed by atoms with Gasteiger partial charge >= 0.3 is 0 Å². The van der Waals surface area contributed by atoms with E-state index in [9.17, 15) is 0 Å². The van der Waals surface area contributed by atoms with Gasteiger partial charge in [0.15, 0.2) is 16.6 Å². The first-order valence-corrected chi connectivity index (χ1v) is 12.5. The number of hydrogen-bond donors (Lipinski definition) is 1. The Morgan fingerprint density at radius 1 is 1.00 bits per heavy atom. The molecule has 0 spiro atoms. The molecule has 0 heterocycles. The first kappa shape index (κ1) is 14.7. The van der Waals surface area contributed by atoms with Crippen LogP contribution >= 0.6 is 12.6 Å². The third-order valence-electron chi connectivity index (χ3n) is 1.43. The van der Waals surface area contributed by atoms with E-state index in [-0.39, 0.29) is 6.10 Å². The van der Waals surface area contributed by atoms with Gasteiger partial charge in [0.2, 0.25) is 0 Å². The van der Waals surface area contributed by atoms with Crippen LogP contribution in [0.4, 0.5) is 0 Å². The molecule has 0 rings (SSSR count). The van der Waals surface area contributed by atoms with Gasteiger partial charge in [-0.1, -0.05) is 0 Å². The van der Waals surface area contributed by atoms with Crippen molar-refractivity contribution in [2.45, 2.75) is 45.4 Å². The van der Waals surface area contributed by atoms with Gasteiger partial charge in [0, 0.05) is 5.75 Å². The van der Waals surface area contributed by atoms with Gasteiger partial charge in [-0.25, -0.2) is 0 Å². The predicted octanol–water partition coefficient (Wildman–Crippen LogP) is 2.99. The second kappa shape index (κ2) is 5.70. The molecular formula is C9H24O2SSi2. The van der Waals surface area contributed by atoms with E-state index in [1.165, 1.54) is 0 Å². The number of rotatable bonds is 6. The van der Waals surface area contributed by atoms with Crippen LogP contribution in [0.3, 0.4) is 0 Å². The Hall–Kier alpha value is 0.704. The van der Waals surface area contributed by atoms with E-state index in [4.69, 9.17) is 8.85 Å². The first-order valence-electron chi connectivity index (χ1n) is 5.07. The number of thiol groups is 1. The lowest BCUT2D eigenvalue weighted by Crippen LogP contribution is -2.38. The maximum Gasteiger partial charge on any atom is 0.184 e. The summed E-state index contributed by atoms with van der Waals surface area (Å²) in [4.78, 5) is 0. The molecule has 0 aromatic heterocycles. The topological polar surface area (TPSA) is 18.5 Å². The third-order valence-corrected chi connectivity index (χ3v) is 3.91. The largest absolute Gasteiger partial charge is 0.415 e. The summed E-state index contributed by atoms with van der Waals surface area (Å²) < 4.78 is 11.8. The molecule has 0 N–H and O–H groups in total. The highest BCUT2D eigenvalue weighted by Crippen LogP contribution is 2.11. The average molecular weight is 253 g/mol. The predicted molar refractivity (Wildman–Crippen MR) is 71.4 cm³/mol. The van der Waals surface area contributed by atoms with Crippen LogP contribution in [-0.2, 0) is 8.85 Å². The van der Waals surface area contributed by atoms with Crippen molar-refractivity contribution in [3.05, 3.63) is 0 Å². The van der Waals surface area contributed by atoms with Crippen molar-refractivity contribution in [1.82, 2.24) is 0 Å². The minimum Gasteiger partial charge on any atom is -0.415 e. The van der Waals surface area contributed by atoms with E-state index in [0.717, 1.165) is 5.75 Å². The molecule has 1 atom stereocenters. The summed E-state index contributed by atoms with van der Waals surface area (Å²) in [7, 11) is -2.86. The quantitative estimate of drug-likeness (QED) is 0.579. The molecule has 86 valence electrons. The van der Waals surface area contributed by atoms with Gasteiger partial charge in [-0.2, -0.15) is 12.6 Å². The van der Waals surface area contributed by atoms with E-state index in [1.807, 2.05) is 0 Å². The standard InChI is InChI=1S/C9H24O2SSi2/c1-13(2,3)10-7-9(8-12)11-14(4,5)6/h9,12H,7-8H2,1-6H3/t9-/m0/s1. The van der Waals surface area contributed by atoms with Crippen LogP contribution in [0.1, 0.15) is 0 Å². The molecule has 0 saturated heterocycles. The van der Waals surface area contributed by atoms with Crippen molar-refractivity contribution in [3.63, 3.8) is 0 Å². The van der Waals surface area contributed by atoms with Crippen molar-refractivity contribution >= 4 is 29.3 Å². The highest BCUT2D eigenvalue weighted by Gasteiger charge is 2.22. The van der Waals surface area contributed by atoms with Crippen LogP contribution in [0.5, 0.6) is 0 Å². The van der Waals surface area contributed by atoms with Crippen LogP contribution in [0.25, 0.3) is 0 Å². The molecule has 0 radical (unpaired) electrons. The molecule has 2 nitrogen and oxygen atoms in total. The summed E-state index contributed by atoms with van der Waals surface area (Å²) in [6.45, 7) is 13.8. The van der Waals surface area contributed by atoms with E-state index in [2.05, 4.69) is 51.9 Å². The SMILES string of the molecule is C[Si](C)(C)OC[C@@H](CS)O[Si](C)(C)C. The molecule has 0 aliphatic rings. The van der Waals surface area contributed by atoms with Crippen molar-refractivity contribution in [1.29, 1.82) is 0 Å². The second-order valence-corrected chi connectivity index (χ2v) is 14.8. The molecule has 14 heavy (non-hydrogen) atoms. The Balaban J connectivity index is 3.93. The van der Waals surface area contributed by atoms with Crippen LogP contribution in [0.15, 0.2) is 0 Å². The zero-order chi connectivity index (χ0) is 11.4. The normalized spacial score (nSPS) is 15.6. The lowest BCUT2D eigenvalue weighted by atomic mass is 10.4. The Kier molecular flexibility index (Phi) is 5.98. The van der Waals surface area contributed by atoms with Crippen LogP contribution in [0, 0.1) is 0 Å². The van der Waals surface area contributed by atoms with Gasteiger partial charge in [0.25, 0.3) is 0 Å². The van der Waals surface area contributed by atoms with E-state index < -0.39 is 16.6 Å². The lowest BCUT2D eigenvalue weighted by molar-refractivity contribution is 0.137. The van der Waals surface area contributed by atoms with Gasteiger partial charge < -0.3 is 8.85 Å². The molecule has 0 saturated carbocycles. The van der Waals surface area contributed by atoms with Gasteiger partial charge in [0.1, 0.15) is 0 Å². The summed E-state index contributed by atoms with van der Waals surface area (Å²) in [5.41, 5.74) is 0. The second-order valence-electron chi connectivity index (χ2n) is 5.46. The highest BCUT2D eigenvalue weighted by atomic mass is 32.1. The molecule has 0 aliphatic carbocycles. The van der Waals surface area contributed by atoms with Gasteiger partial charge in [-0.05, 0) is 39.3 Å². The molecular weight excluding hydrogens is 228 g/mol. The summed E-state index contributed by atoms with van der Waals surface area (Å²) in [6, 6.07) is 0. The summed E-state index contributed by atoms with van der Waals surface area (Å²) >= 11 is 4.29. The van der Waals surface area contributed by atoms with Crippen molar-refractivity contribution in [2.75, 3.05) is 12.4 Å². The van der Waals surface area contributed by atoms with Crippen LogP contribution < -0.4 is 0 Å². The Morgan fingerprint density at radius 2 is 1.50 bits per heavy atom. The molecule has 5 heteroatoms. The van der Waals surface area contributed by atoms with E-state index in [1.54, 1.807) is 0 Å². The van der Waals surface area contributed by atoms with E-state index >= 15 is 0 Å². The van der Waals surface area contributed by atoms with Gasteiger partial charge in [-0.15, -0.1) is 0 Å². The number of hydrogen-bond acceptors (Lipinski definition) is 3. The highest BCUT2D eigenvalue weighted by molar-refractivity contribution is 7.80. The van der Waals surface area contributed by atoms with Crippen LogP contribution in [-0.4, -0.2) is 35.1 Å². The van der Waals surface area contributed by atoms with Crippen molar-refractivity contribution < 1.29 is 8.85 Å². The fraction of sp³-hybridized carbons (Fsp3) is 1.00. The monoisotopic (exact) mass is 252 g/mol. The Bertz CT molecular complexity index is 163. The Labute approximate surface area is 96.0 Å². The third kappa shape index (κ3) is 9.27. The van der Waals surface area contributed by atoms with Crippen LogP contribution in [0.2, 0.25) is 39.3 Å². The molecule has 0 bridgehead atoms. The van der Waals surface area contributed by atoms with Crippen molar-refractivity contribution in [3.8, 4) is 0 Å². The summed E-state index contributed by atoms with van der Waals surface area (Å²) in [5.74, 6) is 0.745. The van der Waals surface area contributed by atoms with E-state index in [0.29, 0.717) is 6.61 Å². The molecule has 0 unspecified atom stereocenters. The molecule has 0 aromatic rings. The average Bonchev–Trinajstić information content (AvgIpc) is 1.94. The zero-order valence-corrected chi connectivity index (χ0v) is 13.1. The molecule has 0 aliphatic heterocycles. The molecule has 0 amide bonds. The maximum atomic E-state index is 5.94. The molecule has 0 fully saturated rings. The maximum absolute atomic E-state index is 5.94. The fourth-order valence-corrected chi connectivity index (χ4v) is 3.12. The molecule has 0 aromatic carbocycles. The fourth-order valence-electron chi connectivity index (χ4n) is 0.967. The van der Waals surface area contributed by atoms with Crippen molar-refractivity contribution in [2.24, 2.45) is 0 Å². The smallest absolute Gasteiger partial charge is 0.184 e. The first-order chi connectivity index (χ1) is 6.14. The summed E-state index contributed by atoms with van der Waals surface area (Å²) in [6.07, 6.45) is 0.164. The minimum absolute atomic E-state index is 0.164. The zero-order valence-electron chi connectivity index (χ0n) is 10.3. The lowest BCUT2D eigenvalue weighted by Gasteiger charge is -2.28. The van der Waals surface area contributed by atoms with Gasteiger partial charge in [-0.3, -0.25) is 0 Å². The van der Waals surface area contributed by atoms with Gasteiger partial charge in [0.05, 0.1) is 12.7 Å². The Morgan fingerprint density at radius 3 is 1.79 bits per heavy atom. The summed E-state index contributed by atoms with van der Waals surface area (Å²) in [5, 5.41) is 0.